The Morgan fingerprint density at radius 3 is 2.38 bits per heavy atom. The predicted octanol–water partition coefficient (Wildman–Crippen LogP) is 2.99. The molecular weight excluding hydrogens is 304 g/mol. The molecule has 0 bridgehead atoms. The topological polar surface area (TPSA) is 77.8 Å². The summed E-state index contributed by atoms with van der Waals surface area (Å²) in [5.74, 6) is 0.233. The van der Waals surface area contributed by atoms with Crippen molar-refractivity contribution in [1.82, 2.24) is 0 Å². The number of ketones is 1. The first kappa shape index (κ1) is 19.6. The van der Waals surface area contributed by atoms with Crippen LogP contribution in [0.2, 0.25) is 0 Å². The molecule has 0 radical (unpaired) electrons. The molecule has 24 heavy (non-hydrogen) atoms. The first-order chi connectivity index (χ1) is 11.6. The molecule has 0 amide bonds. The van der Waals surface area contributed by atoms with E-state index in [-0.39, 0.29) is 42.7 Å². The Labute approximate surface area is 146 Å². The summed E-state index contributed by atoms with van der Waals surface area (Å²) in [6.45, 7) is 0.257. The third-order valence-electron chi connectivity index (χ3n) is 5.77. The molecule has 0 aromatic carbocycles. The van der Waals surface area contributed by atoms with E-state index >= 15 is 0 Å². The summed E-state index contributed by atoms with van der Waals surface area (Å²) in [6, 6.07) is 0. The van der Waals surface area contributed by atoms with Crippen LogP contribution in [0.1, 0.15) is 70.6 Å². The molecule has 2 aliphatic rings. The lowest BCUT2D eigenvalue weighted by atomic mass is 9.83. The summed E-state index contributed by atoms with van der Waals surface area (Å²) >= 11 is 0. The van der Waals surface area contributed by atoms with Crippen LogP contribution < -0.4 is 0 Å². The Bertz CT molecular complexity index is 406. The smallest absolute Gasteiger partial charge is 0.139 e. The molecule has 4 heteroatoms. The van der Waals surface area contributed by atoms with E-state index in [9.17, 15) is 15.0 Å². The minimum Gasteiger partial charge on any atom is -0.396 e. The lowest BCUT2D eigenvalue weighted by molar-refractivity contribution is -0.121. The summed E-state index contributed by atoms with van der Waals surface area (Å²) in [6.07, 6.45) is 13.6. The maximum absolute atomic E-state index is 12.2. The Morgan fingerprint density at radius 2 is 1.62 bits per heavy atom. The highest BCUT2D eigenvalue weighted by Crippen LogP contribution is 2.35. The molecule has 0 spiro atoms. The van der Waals surface area contributed by atoms with Crippen molar-refractivity contribution in [3.63, 3.8) is 0 Å². The summed E-state index contributed by atoms with van der Waals surface area (Å²) in [4.78, 5) is 12.2. The first-order valence-electron chi connectivity index (χ1n) is 9.81. The van der Waals surface area contributed by atoms with E-state index in [1.54, 1.807) is 0 Å². The molecule has 0 saturated heterocycles. The third-order valence-corrected chi connectivity index (χ3v) is 5.77. The van der Waals surface area contributed by atoms with E-state index < -0.39 is 6.10 Å². The largest absolute Gasteiger partial charge is 0.396 e. The van der Waals surface area contributed by atoms with Gasteiger partial charge in [-0.05, 0) is 25.7 Å². The van der Waals surface area contributed by atoms with Gasteiger partial charge in [-0.1, -0.05) is 50.7 Å². The quantitative estimate of drug-likeness (QED) is 0.446. The van der Waals surface area contributed by atoms with Crippen LogP contribution >= 0.6 is 0 Å². The van der Waals surface area contributed by atoms with E-state index in [0.717, 1.165) is 64.2 Å². The van der Waals surface area contributed by atoms with Crippen LogP contribution in [0.25, 0.3) is 0 Å². The number of aliphatic hydroxyl groups excluding tert-OH is 3. The third kappa shape index (κ3) is 5.68. The number of Topliss-reactive ketones (excluding diaryl/α,β-unsaturated/α-hetero) is 1. The van der Waals surface area contributed by atoms with Gasteiger partial charge in [0, 0.05) is 30.8 Å². The fourth-order valence-corrected chi connectivity index (χ4v) is 4.23. The predicted molar refractivity (Wildman–Crippen MR) is 94.5 cm³/mol. The molecule has 0 aromatic rings. The van der Waals surface area contributed by atoms with E-state index in [1.807, 2.05) is 6.08 Å². The van der Waals surface area contributed by atoms with E-state index in [4.69, 9.17) is 5.11 Å². The van der Waals surface area contributed by atoms with Crippen LogP contribution in [0, 0.1) is 17.8 Å². The van der Waals surface area contributed by atoms with Crippen molar-refractivity contribution < 1.29 is 20.1 Å². The number of hydrogen-bond acceptors (Lipinski definition) is 4. The second kappa shape index (κ2) is 10.3. The molecule has 0 aromatic heterocycles. The number of rotatable bonds is 9. The number of carbonyl (C=O) groups excluding carboxylic acids is 1. The Balaban J connectivity index is 1.82. The van der Waals surface area contributed by atoms with E-state index in [2.05, 4.69) is 6.08 Å². The van der Waals surface area contributed by atoms with Gasteiger partial charge in [-0.2, -0.15) is 0 Å². The maximum atomic E-state index is 12.2. The molecule has 5 atom stereocenters. The highest BCUT2D eigenvalue weighted by Gasteiger charge is 2.39. The average Bonchev–Trinajstić information content (AvgIpc) is 2.83. The van der Waals surface area contributed by atoms with Crippen molar-refractivity contribution in [2.45, 2.75) is 82.8 Å². The zero-order chi connectivity index (χ0) is 17.4. The van der Waals surface area contributed by atoms with Gasteiger partial charge in [0.1, 0.15) is 5.78 Å². The molecular formula is C20H34O4. The fourth-order valence-electron chi connectivity index (χ4n) is 4.23. The molecule has 2 rings (SSSR count). The van der Waals surface area contributed by atoms with E-state index in [0.29, 0.717) is 0 Å². The first-order valence-corrected chi connectivity index (χ1v) is 9.81. The zero-order valence-electron chi connectivity index (χ0n) is 14.8. The second-order valence-electron chi connectivity index (χ2n) is 7.60. The zero-order valence-corrected chi connectivity index (χ0v) is 14.8. The van der Waals surface area contributed by atoms with Gasteiger partial charge in [0.25, 0.3) is 0 Å². The van der Waals surface area contributed by atoms with Crippen molar-refractivity contribution >= 4 is 5.78 Å². The SMILES string of the molecule is O=C1C[C@@H](O)[C@H](/C=C/C2CCCC[C@@H]2O)[C@H]1CCCCCCCO. The van der Waals surface area contributed by atoms with Crippen molar-refractivity contribution in [2.24, 2.45) is 17.8 Å². The van der Waals surface area contributed by atoms with Gasteiger partial charge >= 0.3 is 0 Å². The molecule has 2 aliphatic carbocycles. The fraction of sp³-hybridized carbons (Fsp3) is 0.850. The lowest BCUT2D eigenvalue weighted by Gasteiger charge is -2.26. The van der Waals surface area contributed by atoms with Crippen molar-refractivity contribution in [1.29, 1.82) is 0 Å². The van der Waals surface area contributed by atoms with Crippen molar-refractivity contribution in [3.8, 4) is 0 Å². The molecule has 1 unspecified atom stereocenters. The molecule has 138 valence electrons. The Hall–Kier alpha value is -0.710. The lowest BCUT2D eigenvalue weighted by Crippen LogP contribution is -2.24. The normalized spacial score (nSPS) is 34.3. The van der Waals surface area contributed by atoms with Crippen molar-refractivity contribution in [3.05, 3.63) is 12.2 Å². The average molecular weight is 338 g/mol. The van der Waals surface area contributed by atoms with Crippen LogP contribution in [-0.2, 0) is 4.79 Å². The highest BCUT2D eigenvalue weighted by molar-refractivity contribution is 5.84. The standard InChI is InChI=1S/C20H34O4/c21-13-7-3-1-2-4-9-16-17(20(24)14-19(16)23)12-11-15-8-5-6-10-18(15)22/h11-12,15-18,20-22,24H,1-10,13-14H2/b12-11+/t15?,16-,17-,18+,20-/m1/s1. The number of aliphatic hydroxyl groups is 3. The van der Waals surface area contributed by atoms with Gasteiger partial charge < -0.3 is 15.3 Å². The molecule has 3 N–H and O–H groups in total. The van der Waals surface area contributed by atoms with Gasteiger partial charge in [-0.3, -0.25) is 4.79 Å². The van der Waals surface area contributed by atoms with Gasteiger partial charge in [-0.15, -0.1) is 0 Å². The molecule has 0 aliphatic heterocycles. The monoisotopic (exact) mass is 338 g/mol. The minimum atomic E-state index is -0.561. The summed E-state index contributed by atoms with van der Waals surface area (Å²) in [5.41, 5.74) is 0. The molecule has 2 saturated carbocycles. The Morgan fingerprint density at radius 1 is 0.917 bits per heavy atom. The molecule has 2 fully saturated rings. The summed E-state index contributed by atoms with van der Waals surface area (Å²) in [5, 5.41) is 29.1. The molecule has 0 heterocycles. The van der Waals surface area contributed by atoms with Crippen LogP contribution in [0.5, 0.6) is 0 Å². The highest BCUT2D eigenvalue weighted by atomic mass is 16.3. The second-order valence-corrected chi connectivity index (χ2v) is 7.60. The van der Waals surface area contributed by atoms with Crippen LogP contribution in [0.4, 0.5) is 0 Å². The van der Waals surface area contributed by atoms with Crippen LogP contribution in [0.3, 0.4) is 0 Å². The van der Waals surface area contributed by atoms with Gasteiger partial charge in [0.2, 0.25) is 0 Å². The molecule has 4 nitrogen and oxygen atoms in total. The van der Waals surface area contributed by atoms with E-state index in [1.165, 1.54) is 0 Å². The van der Waals surface area contributed by atoms with Gasteiger partial charge in [0.15, 0.2) is 0 Å². The number of unbranched alkanes of at least 4 members (excludes halogenated alkanes) is 4. The Kier molecular flexibility index (Phi) is 8.43. The summed E-state index contributed by atoms with van der Waals surface area (Å²) < 4.78 is 0. The van der Waals surface area contributed by atoms with Gasteiger partial charge in [0.05, 0.1) is 12.2 Å². The number of hydrogen-bond donors (Lipinski definition) is 3. The van der Waals surface area contributed by atoms with Crippen molar-refractivity contribution in [2.75, 3.05) is 6.61 Å². The van der Waals surface area contributed by atoms with Gasteiger partial charge in [-0.25, -0.2) is 0 Å². The maximum Gasteiger partial charge on any atom is 0.139 e. The number of carbonyl (C=O) groups is 1. The minimum absolute atomic E-state index is 0.0603. The van der Waals surface area contributed by atoms with Crippen LogP contribution in [-0.4, -0.2) is 39.9 Å². The summed E-state index contributed by atoms with van der Waals surface area (Å²) in [7, 11) is 0. The van der Waals surface area contributed by atoms with Crippen LogP contribution in [0.15, 0.2) is 12.2 Å².